The largest absolute Gasteiger partial charge is 0.339 e. The van der Waals surface area contributed by atoms with E-state index in [0.29, 0.717) is 11.3 Å². The van der Waals surface area contributed by atoms with E-state index in [1.807, 2.05) is 23.5 Å². The van der Waals surface area contributed by atoms with E-state index in [-0.39, 0.29) is 0 Å². The van der Waals surface area contributed by atoms with Crippen molar-refractivity contribution in [2.75, 3.05) is 23.8 Å². The van der Waals surface area contributed by atoms with Crippen LogP contribution in [0.1, 0.15) is 37.2 Å². The van der Waals surface area contributed by atoms with Crippen LogP contribution in [-0.4, -0.2) is 40.0 Å². The van der Waals surface area contributed by atoms with Crippen LogP contribution in [0.15, 0.2) is 4.52 Å². The maximum atomic E-state index is 5.37. The molecule has 2 atom stereocenters. The summed E-state index contributed by atoms with van der Waals surface area (Å²) in [6.45, 7) is 5.28. The van der Waals surface area contributed by atoms with Crippen LogP contribution in [-0.2, 0) is 6.42 Å². The Morgan fingerprint density at radius 1 is 1.44 bits per heavy atom. The summed E-state index contributed by atoms with van der Waals surface area (Å²) < 4.78 is 5.37. The van der Waals surface area contributed by atoms with E-state index in [1.54, 1.807) is 0 Å². The molecule has 1 fully saturated rings. The highest BCUT2D eigenvalue weighted by atomic mass is 32.2. The third kappa shape index (κ3) is 3.90. The van der Waals surface area contributed by atoms with Crippen LogP contribution >= 0.6 is 23.5 Å². The predicted octanol–water partition coefficient (Wildman–Crippen LogP) is 2.52. The summed E-state index contributed by atoms with van der Waals surface area (Å²) in [5.41, 5.74) is 0. The van der Waals surface area contributed by atoms with Crippen LogP contribution in [0.3, 0.4) is 0 Å². The van der Waals surface area contributed by atoms with Gasteiger partial charge in [0.05, 0.1) is 5.25 Å². The lowest BCUT2D eigenvalue weighted by molar-refractivity contribution is 0.352. The summed E-state index contributed by atoms with van der Waals surface area (Å²) in [6, 6.07) is 0.441. The first kappa shape index (κ1) is 14.2. The molecule has 2 unspecified atom stereocenters. The maximum Gasteiger partial charge on any atom is 0.228 e. The zero-order valence-corrected chi connectivity index (χ0v) is 12.6. The highest BCUT2D eigenvalue weighted by Crippen LogP contribution is 2.35. The minimum Gasteiger partial charge on any atom is -0.339 e. The third-order valence-corrected chi connectivity index (χ3v) is 5.75. The molecule has 1 aliphatic rings. The number of thioether (sulfide) groups is 2. The van der Waals surface area contributed by atoms with E-state index < -0.39 is 0 Å². The van der Waals surface area contributed by atoms with Crippen molar-refractivity contribution in [3.63, 3.8) is 0 Å². The van der Waals surface area contributed by atoms with Crippen LogP contribution in [0.5, 0.6) is 0 Å². The molecule has 0 bridgehead atoms. The molecule has 2 rings (SSSR count). The van der Waals surface area contributed by atoms with Crippen molar-refractivity contribution >= 4 is 23.5 Å². The normalized spacial score (nSPS) is 22.0. The molecule has 102 valence electrons. The van der Waals surface area contributed by atoms with E-state index in [2.05, 4.69) is 29.3 Å². The van der Waals surface area contributed by atoms with E-state index >= 15 is 0 Å². The second kappa shape index (κ2) is 7.40. The predicted molar refractivity (Wildman–Crippen MR) is 78.3 cm³/mol. The molecule has 18 heavy (non-hydrogen) atoms. The average molecular weight is 287 g/mol. The van der Waals surface area contributed by atoms with Gasteiger partial charge < -0.3 is 9.84 Å². The second-order valence-electron chi connectivity index (χ2n) is 4.35. The van der Waals surface area contributed by atoms with Crippen molar-refractivity contribution in [3.05, 3.63) is 11.7 Å². The molecule has 2 heterocycles. The van der Waals surface area contributed by atoms with Crippen LogP contribution in [0.2, 0.25) is 0 Å². The van der Waals surface area contributed by atoms with Crippen molar-refractivity contribution in [1.82, 2.24) is 15.5 Å². The Hall–Kier alpha value is -0.200. The van der Waals surface area contributed by atoms with Gasteiger partial charge in [0.15, 0.2) is 5.82 Å². The maximum absolute atomic E-state index is 5.37. The quantitative estimate of drug-likeness (QED) is 0.867. The van der Waals surface area contributed by atoms with Gasteiger partial charge in [-0.2, -0.15) is 16.7 Å². The summed E-state index contributed by atoms with van der Waals surface area (Å²) >= 11 is 3.92. The van der Waals surface area contributed by atoms with Crippen LogP contribution in [0.25, 0.3) is 0 Å². The van der Waals surface area contributed by atoms with Gasteiger partial charge >= 0.3 is 0 Å². The number of hydrogen-bond donors (Lipinski definition) is 1. The molecule has 1 N–H and O–H groups in total. The number of nitrogens with zero attached hydrogens (tertiary/aromatic N) is 2. The Bertz CT molecular complexity index is 353. The van der Waals surface area contributed by atoms with E-state index in [1.165, 1.54) is 11.5 Å². The lowest BCUT2D eigenvalue weighted by Gasteiger charge is -2.17. The van der Waals surface area contributed by atoms with Gasteiger partial charge in [-0.1, -0.05) is 19.0 Å². The van der Waals surface area contributed by atoms with Gasteiger partial charge in [0, 0.05) is 29.7 Å². The van der Waals surface area contributed by atoms with E-state index in [9.17, 15) is 0 Å². The minimum atomic E-state index is 0.417. The van der Waals surface area contributed by atoms with Gasteiger partial charge in [0.2, 0.25) is 5.89 Å². The van der Waals surface area contributed by atoms with Crippen molar-refractivity contribution in [1.29, 1.82) is 0 Å². The smallest absolute Gasteiger partial charge is 0.228 e. The zero-order chi connectivity index (χ0) is 12.8. The van der Waals surface area contributed by atoms with Crippen LogP contribution in [0.4, 0.5) is 0 Å². The van der Waals surface area contributed by atoms with Crippen molar-refractivity contribution in [2.45, 2.75) is 38.0 Å². The molecule has 0 spiro atoms. The Morgan fingerprint density at radius 2 is 2.33 bits per heavy atom. The molecule has 1 saturated heterocycles. The van der Waals surface area contributed by atoms with Crippen molar-refractivity contribution in [2.24, 2.45) is 0 Å². The third-order valence-electron chi connectivity index (χ3n) is 2.99. The highest BCUT2D eigenvalue weighted by Gasteiger charge is 2.22. The fourth-order valence-corrected chi connectivity index (χ4v) is 4.57. The lowest BCUT2D eigenvalue weighted by Crippen LogP contribution is -2.30. The number of likely N-dealkylation sites (N-methyl/N-ethyl adjacent to an activating group) is 1. The zero-order valence-electron chi connectivity index (χ0n) is 11.0. The Kier molecular flexibility index (Phi) is 5.85. The summed E-state index contributed by atoms with van der Waals surface area (Å²) in [5, 5.41) is 7.99. The number of rotatable bonds is 6. The van der Waals surface area contributed by atoms with Crippen LogP contribution in [0, 0.1) is 0 Å². The van der Waals surface area contributed by atoms with Gasteiger partial charge in [0.1, 0.15) is 0 Å². The van der Waals surface area contributed by atoms with Gasteiger partial charge in [-0.25, -0.2) is 0 Å². The minimum absolute atomic E-state index is 0.417. The first-order valence-corrected chi connectivity index (χ1v) is 8.79. The van der Waals surface area contributed by atoms with Crippen molar-refractivity contribution < 1.29 is 4.52 Å². The summed E-state index contributed by atoms with van der Waals surface area (Å²) in [6.07, 6.45) is 1.92. The molecule has 1 aromatic heterocycles. The highest BCUT2D eigenvalue weighted by molar-refractivity contribution is 8.06. The summed E-state index contributed by atoms with van der Waals surface area (Å²) in [5.74, 6) is 5.19. The number of hydrogen-bond acceptors (Lipinski definition) is 6. The molecule has 1 aliphatic heterocycles. The second-order valence-corrected chi connectivity index (χ2v) is 6.81. The molecule has 0 amide bonds. The number of nitrogens with one attached hydrogen (secondary N) is 1. The Balaban J connectivity index is 1.92. The number of aromatic nitrogens is 2. The van der Waals surface area contributed by atoms with Gasteiger partial charge in [-0.15, -0.1) is 11.8 Å². The van der Waals surface area contributed by atoms with Crippen LogP contribution < -0.4 is 5.32 Å². The summed E-state index contributed by atoms with van der Waals surface area (Å²) in [7, 11) is 0. The van der Waals surface area contributed by atoms with Gasteiger partial charge in [0.25, 0.3) is 0 Å². The van der Waals surface area contributed by atoms with E-state index in [4.69, 9.17) is 4.52 Å². The topological polar surface area (TPSA) is 51.0 Å². The summed E-state index contributed by atoms with van der Waals surface area (Å²) in [4.78, 5) is 4.55. The molecular formula is C12H21N3OS2. The monoisotopic (exact) mass is 287 g/mol. The Labute approximate surface area is 117 Å². The first-order valence-electron chi connectivity index (χ1n) is 6.58. The average Bonchev–Trinajstić information content (AvgIpc) is 2.88. The standard InChI is InChI=1S/C12H21N3OS2/c1-3-9(13-4-2)7-11-14-12(15-16-11)10-8-17-5-6-18-10/h9-10,13H,3-8H2,1-2H3. The molecular weight excluding hydrogens is 266 g/mol. The molecule has 4 nitrogen and oxygen atoms in total. The molecule has 0 aliphatic carbocycles. The molecule has 1 aromatic rings. The molecule has 0 saturated carbocycles. The lowest BCUT2D eigenvalue weighted by atomic mass is 10.1. The van der Waals surface area contributed by atoms with Crippen molar-refractivity contribution in [3.8, 4) is 0 Å². The van der Waals surface area contributed by atoms with E-state index in [0.717, 1.165) is 36.9 Å². The Morgan fingerprint density at radius 3 is 3.00 bits per heavy atom. The fraction of sp³-hybridized carbons (Fsp3) is 0.833. The van der Waals surface area contributed by atoms with Gasteiger partial charge in [-0.05, 0) is 13.0 Å². The molecule has 0 radical (unpaired) electrons. The molecule has 6 heteroatoms. The first-order chi connectivity index (χ1) is 8.83. The van der Waals surface area contributed by atoms with Gasteiger partial charge in [-0.3, -0.25) is 0 Å². The SMILES string of the molecule is CCNC(CC)Cc1nc(C2CSCCS2)no1. The fourth-order valence-electron chi connectivity index (χ4n) is 1.98. The molecule has 0 aromatic carbocycles.